The van der Waals surface area contributed by atoms with Gasteiger partial charge in [0.05, 0.1) is 11.6 Å². The molecule has 1 heterocycles. The Kier molecular flexibility index (Phi) is 4.93. The Labute approximate surface area is 122 Å². The van der Waals surface area contributed by atoms with E-state index >= 15 is 0 Å². The van der Waals surface area contributed by atoms with Gasteiger partial charge in [-0.3, -0.25) is 0 Å². The van der Waals surface area contributed by atoms with E-state index in [1.807, 2.05) is 13.0 Å². The number of rotatable bonds is 5. The highest BCUT2D eigenvalue weighted by Crippen LogP contribution is 2.29. The lowest BCUT2D eigenvalue weighted by molar-refractivity contribution is 0.280. The third kappa shape index (κ3) is 3.68. The molecule has 1 N–H and O–H groups in total. The predicted molar refractivity (Wildman–Crippen MR) is 75.6 cm³/mol. The zero-order chi connectivity index (χ0) is 14.5. The fourth-order valence-electron chi connectivity index (χ4n) is 1.82. The van der Waals surface area contributed by atoms with Crippen LogP contribution in [0.3, 0.4) is 0 Å². The summed E-state index contributed by atoms with van der Waals surface area (Å²) in [5.41, 5.74) is 1.56. The highest BCUT2D eigenvalue weighted by atomic mass is 35.5. The van der Waals surface area contributed by atoms with Gasteiger partial charge in [-0.2, -0.15) is 0 Å². The van der Waals surface area contributed by atoms with Gasteiger partial charge in [-0.05, 0) is 36.2 Å². The SMILES string of the molecule is CCCc1cc(CO)cc(Oc2ccc(F)cc2Cl)n1. The first-order chi connectivity index (χ1) is 9.62. The molecule has 0 radical (unpaired) electrons. The first-order valence-corrected chi connectivity index (χ1v) is 6.73. The topological polar surface area (TPSA) is 42.4 Å². The molecule has 2 aromatic rings. The van der Waals surface area contributed by atoms with Gasteiger partial charge in [0, 0.05) is 11.8 Å². The number of pyridine rings is 1. The maximum atomic E-state index is 13.0. The van der Waals surface area contributed by atoms with E-state index in [0.29, 0.717) is 11.6 Å². The largest absolute Gasteiger partial charge is 0.437 e. The Morgan fingerprint density at radius 3 is 2.75 bits per heavy atom. The molecule has 0 saturated carbocycles. The zero-order valence-corrected chi connectivity index (χ0v) is 11.8. The molecule has 0 atom stereocenters. The van der Waals surface area contributed by atoms with E-state index < -0.39 is 5.82 Å². The van der Waals surface area contributed by atoms with Crippen LogP contribution in [0, 0.1) is 5.82 Å². The molecule has 106 valence electrons. The molecule has 0 aliphatic carbocycles. The molecular weight excluding hydrogens is 281 g/mol. The number of hydrogen-bond donors (Lipinski definition) is 1. The molecule has 1 aromatic heterocycles. The Bertz CT molecular complexity index is 604. The number of ether oxygens (including phenoxy) is 1. The summed E-state index contributed by atoms with van der Waals surface area (Å²) >= 11 is 5.91. The van der Waals surface area contributed by atoms with E-state index in [9.17, 15) is 9.50 Å². The monoisotopic (exact) mass is 295 g/mol. The van der Waals surface area contributed by atoms with Crippen LogP contribution < -0.4 is 4.74 Å². The van der Waals surface area contributed by atoms with Crippen molar-refractivity contribution in [2.75, 3.05) is 0 Å². The van der Waals surface area contributed by atoms with Crippen LogP contribution in [-0.4, -0.2) is 10.1 Å². The molecule has 2 rings (SSSR count). The minimum absolute atomic E-state index is 0.0905. The maximum Gasteiger partial charge on any atom is 0.219 e. The summed E-state index contributed by atoms with van der Waals surface area (Å²) in [6.45, 7) is 1.96. The fraction of sp³-hybridized carbons (Fsp3) is 0.267. The van der Waals surface area contributed by atoms with Crippen LogP contribution in [0.5, 0.6) is 11.6 Å². The number of halogens is 2. The fourth-order valence-corrected chi connectivity index (χ4v) is 2.02. The molecule has 0 aliphatic rings. The summed E-state index contributed by atoms with van der Waals surface area (Å²) < 4.78 is 18.6. The Balaban J connectivity index is 2.29. The Morgan fingerprint density at radius 1 is 1.30 bits per heavy atom. The van der Waals surface area contributed by atoms with E-state index in [1.54, 1.807) is 6.07 Å². The number of aliphatic hydroxyl groups excluding tert-OH is 1. The molecule has 0 fully saturated rings. The predicted octanol–water partition coefficient (Wildman–Crippen LogP) is 4.11. The Morgan fingerprint density at radius 2 is 2.10 bits per heavy atom. The molecule has 3 nitrogen and oxygen atoms in total. The van der Waals surface area contributed by atoms with Crippen LogP contribution in [0.15, 0.2) is 30.3 Å². The van der Waals surface area contributed by atoms with Gasteiger partial charge < -0.3 is 9.84 Å². The smallest absolute Gasteiger partial charge is 0.219 e. The normalized spacial score (nSPS) is 10.6. The van der Waals surface area contributed by atoms with Gasteiger partial charge in [0.1, 0.15) is 11.6 Å². The lowest BCUT2D eigenvalue weighted by Gasteiger charge is -2.10. The number of aliphatic hydroxyl groups is 1. The van der Waals surface area contributed by atoms with Gasteiger partial charge in [-0.1, -0.05) is 24.9 Å². The lowest BCUT2D eigenvalue weighted by atomic mass is 10.2. The summed E-state index contributed by atoms with van der Waals surface area (Å²) in [4.78, 5) is 4.34. The zero-order valence-electron chi connectivity index (χ0n) is 11.1. The minimum Gasteiger partial charge on any atom is -0.437 e. The van der Waals surface area contributed by atoms with Crippen LogP contribution in [0.25, 0.3) is 0 Å². The highest BCUT2D eigenvalue weighted by Gasteiger charge is 2.08. The van der Waals surface area contributed by atoms with Crippen molar-refractivity contribution < 1.29 is 14.2 Å². The number of benzene rings is 1. The van der Waals surface area contributed by atoms with Crippen LogP contribution >= 0.6 is 11.6 Å². The highest BCUT2D eigenvalue weighted by molar-refractivity contribution is 6.32. The average Bonchev–Trinajstić information content (AvgIpc) is 2.42. The van der Waals surface area contributed by atoms with Crippen molar-refractivity contribution in [2.45, 2.75) is 26.4 Å². The third-order valence-corrected chi connectivity index (χ3v) is 3.01. The van der Waals surface area contributed by atoms with Crippen molar-refractivity contribution in [1.29, 1.82) is 0 Å². The summed E-state index contributed by atoms with van der Waals surface area (Å²) in [5.74, 6) is 0.248. The number of aromatic nitrogens is 1. The van der Waals surface area contributed by atoms with E-state index in [0.717, 1.165) is 24.1 Å². The minimum atomic E-state index is -0.425. The molecule has 0 saturated heterocycles. The second-order valence-electron chi connectivity index (χ2n) is 4.39. The number of aryl methyl sites for hydroxylation is 1. The van der Waals surface area contributed by atoms with Gasteiger partial charge in [0.25, 0.3) is 0 Å². The molecule has 0 unspecified atom stereocenters. The molecule has 0 bridgehead atoms. The molecule has 20 heavy (non-hydrogen) atoms. The van der Waals surface area contributed by atoms with Gasteiger partial charge in [-0.25, -0.2) is 9.37 Å². The standard InChI is InChI=1S/C15H15ClFNO2/c1-2-3-12-6-10(9-19)7-15(18-12)20-14-5-4-11(17)8-13(14)16/h4-8,19H,2-3,9H2,1H3. The van der Waals surface area contributed by atoms with Crippen LogP contribution in [0.2, 0.25) is 5.02 Å². The molecule has 5 heteroatoms. The second-order valence-corrected chi connectivity index (χ2v) is 4.80. The van der Waals surface area contributed by atoms with Crippen molar-refractivity contribution in [2.24, 2.45) is 0 Å². The van der Waals surface area contributed by atoms with Crippen molar-refractivity contribution in [1.82, 2.24) is 4.98 Å². The molecular formula is C15H15ClFNO2. The van der Waals surface area contributed by atoms with E-state index in [1.165, 1.54) is 18.2 Å². The number of nitrogens with zero attached hydrogens (tertiary/aromatic N) is 1. The third-order valence-electron chi connectivity index (χ3n) is 2.71. The second kappa shape index (κ2) is 6.68. The van der Waals surface area contributed by atoms with Crippen molar-refractivity contribution in [3.63, 3.8) is 0 Å². The quantitative estimate of drug-likeness (QED) is 0.902. The van der Waals surface area contributed by atoms with Crippen molar-refractivity contribution >= 4 is 11.6 Å². The van der Waals surface area contributed by atoms with Crippen LogP contribution in [0.1, 0.15) is 24.6 Å². The first kappa shape index (κ1) is 14.8. The molecule has 1 aromatic carbocycles. The summed E-state index contributed by atoms with van der Waals surface area (Å²) in [6, 6.07) is 7.37. The maximum absolute atomic E-state index is 13.0. The summed E-state index contributed by atoms with van der Waals surface area (Å²) in [5, 5.41) is 9.43. The average molecular weight is 296 g/mol. The van der Waals surface area contributed by atoms with E-state index in [-0.39, 0.29) is 11.6 Å². The van der Waals surface area contributed by atoms with Gasteiger partial charge in [-0.15, -0.1) is 0 Å². The van der Waals surface area contributed by atoms with Crippen molar-refractivity contribution in [3.8, 4) is 11.6 Å². The van der Waals surface area contributed by atoms with Crippen LogP contribution in [0.4, 0.5) is 4.39 Å². The number of hydrogen-bond acceptors (Lipinski definition) is 3. The van der Waals surface area contributed by atoms with Gasteiger partial charge >= 0.3 is 0 Å². The molecule has 0 amide bonds. The van der Waals surface area contributed by atoms with Crippen LogP contribution in [-0.2, 0) is 13.0 Å². The van der Waals surface area contributed by atoms with Gasteiger partial charge in [0.2, 0.25) is 5.88 Å². The van der Waals surface area contributed by atoms with Crippen molar-refractivity contribution in [3.05, 3.63) is 52.4 Å². The summed E-state index contributed by atoms with van der Waals surface area (Å²) in [6.07, 6.45) is 1.74. The lowest BCUT2D eigenvalue weighted by Crippen LogP contribution is -1.97. The van der Waals surface area contributed by atoms with E-state index in [4.69, 9.17) is 16.3 Å². The molecule has 0 spiro atoms. The van der Waals surface area contributed by atoms with E-state index in [2.05, 4.69) is 4.98 Å². The summed E-state index contributed by atoms with van der Waals surface area (Å²) in [7, 11) is 0. The van der Waals surface area contributed by atoms with Gasteiger partial charge in [0.15, 0.2) is 0 Å². The Hall–Kier alpha value is -1.65. The first-order valence-electron chi connectivity index (χ1n) is 6.36. The molecule has 0 aliphatic heterocycles.